The molecule has 7 rings (SSSR count). The Labute approximate surface area is 275 Å². The summed E-state index contributed by atoms with van der Waals surface area (Å²) >= 11 is 0. The Bertz CT molecular complexity index is 1870. The zero-order chi connectivity index (χ0) is 32.5. The van der Waals surface area contributed by atoms with Crippen LogP contribution in [0.15, 0.2) is 77.7 Å². The van der Waals surface area contributed by atoms with E-state index in [0.29, 0.717) is 42.3 Å². The van der Waals surface area contributed by atoms with E-state index < -0.39 is 16.1 Å². The van der Waals surface area contributed by atoms with Gasteiger partial charge in [0.05, 0.1) is 10.4 Å². The molecule has 246 valence electrons. The lowest BCUT2D eigenvalue weighted by molar-refractivity contribution is -0.127. The lowest BCUT2D eigenvalue weighted by Gasteiger charge is -2.36. The van der Waals surface area contributed by atoms with Crippen molar-refractivity contribution in [1.82, 2.24) is 24.6 Å². The Morgan fingerprint density at radius 1 is 0.979 bits per heavy atom. The third kappa shape index (κ3) is 6.23. The maximum atomic E-state index is 14.6. The highest BCUT2D eigenvalue weighted by Crippen LogP contribution is 2.38. The van der Waals surface area contributed by atoms with Crippen LogP contribution in [-0.4, -0.2) is 71.2 Å². The largest absolute Gasteiger partial charge is 0.384 e. The fourth-order valence-electron chi connectivity index (χ4n) is 7.42. The van der Waals surface area contributed by atoms with Crippen LogP contribution in [0.2, 0.25) is 0 Å². The molecule has 1 saturated carbocycles. The number of para-hydroxylation sites is 2. The molecule has 0 bridgehead atoms. The number of rotatable bonds is 9. The van der Waals surface area contributed by atoms with Crippen LogP contribution < -0.4 is 15.5 Å². The molecule has 47 heavy (non-hydrogen) atoms. The molecule has 4 aromatic rings. The monoisotopic (exact) mass is 655 g/mol. The quantitative estimate of drug-likeness (QED) is 0.271. The molecule has 2 fully saturated rings. The zero-order valence-corrected chi connectivity index (χ0v) is 27.4. The molecule has 3 aliphatic rings. The second-order valence-electron chi connectivity index (χ2n) is 13.1. The van der Waals surface area contributed by atoms with Gasteiger partial charge in [0, 0.05) is 43.0 Å². The van der Waals surface area contributed by atoms with Gasteiger partial charge in [0.1, 0.15) is 18.1 Å². The van der Waals surface area contributed by atoms with Crippen molar-refractivity contribution in [3.05, 3.63) is 78.4 Å². The first-order valence-electron chi connectivity index (χ1n) is 16.6. The Hall–Kier alpha value is -4.29. The van der Waals surface area contributed by atoms with E-state index in [4.69, 9.17) is 0 Å². The maximum absolute atomic E-state index is 14.6. The Balaban J connectivity index is 1.29. The number of hydrogen-bond donors (Lipinski definition) is 2. The summed E-state index contributed by atoms with van der Waals surface area (Å²) in [6, 6.07) is 20.9. The molecule has 2 N–H and O–H groups in total. The molecule has 3 aromatic carbocycles. The molecule has 2 aliphatic heterocycles. The Morgan fingerprint density at radius 3 is 2.51 bits per heavy atom. The predicted octanol–water partition coefficient (Wildman–Crippen LogP) is 4.52. The summed E-state index contributed by atoms with van der Waals surface area (Å²) in [7, 11) is -3.71. The van der Waals surface area contributed by atoms with E-state index >= 15 is 0 Å². The number of piperidine rings is 1. The second kappa shape index (κ2) is 13.1. The molecule has 3 atom stereocenters. The smallest absolute Gasteiger partial charge is 0.249 e. The number of benzene rings is 3. The van der Waals surface area contributed by atoms with E-state index in [9.17, 15) is 18.0 Å². The van der Waals surface area contributed by atoms with E-state index in [1.165, 1.54) is 0 Å². The van der Waals surface area contributed by atoms with Crippen LogP contribution in [0.1, 0.15) is 56.9 Å². The molecular weight excluding hydrogens is 614 g/mol. The van der Waals surface area contributed by atoms with Crippen molar-refractivity contribution in [2.24, 2.45) is 5.92 Å². The molecule has 3 heterocycles. The molecular formula is C35H41N7O4S. The molecule has 1 aromatic heterocycles. The third-order valence-corrected chi connectivity index (χ3v) is 11.7. The van der Waals surface area contributed by atoms with Gasteiger partial charge in [-0.1, -0.05) is 55.3 Å². The summed E-state index contributed by atoms with van der Waals surface area (Å²) in [5.41, 5.74) is 3.71. The molecule has 11 nitrogen and oxygen atoms in total. The molecule has 1 saturated heterocycles. The molecule has 0 radical (unpaired) electrons. The van der Waals surface area contributed by atoms with Gasteiger partial charge in [-0.2, -0.15) is 4.31 Å². The molecule has 2 amide bonds. The normalized spacial score (nSPS) is 20.9. The van der Waals surface area contributed by atoms with Crippen molar-refractivity contribution in [1.29, 1.82) is 0 Å². The fourth-order valence-corrected chi connectivity index (χ4v) is 9.02. The van der Waals surface area contributed by atoms with Gasteiger partial charge in [0.25, 0.3) is 0 Å². The standard InChI is InChI=1S/C35H41N7O4S/c1-24-9-8-20-40(22-24)47(45,46)27-18-16-26(17-19-27)42(33(43)23-41-32-15-7-6-14-31(32)38-39-41)34(35(44)37-25-10-2-3-11-25)29-21-36-30-13-5-4-12-28(29)30/h4-7,12-19,24-25,29,34,36H,2-3,8-11,20-23H2,1H3,(H,37,44)/t24-,29+,34-/m1/s1. The molecule has 0 spiro atoms. The van der Waals surface area contributed by atoms with E-state index in [2.05, 4.69) is 27.9 Å². The minimum absolute atomic E-state index is 0.0465. The van der Waals surface area contributed by atoms with Gasteiger partial charge >= 0.3 is 0 Å². The Kier molecular flexibility index (Phi) is 8.71. The van der Waals surface area contributed by atoms with Gasteiger partial charge in [0.2, 0.25) is 21.8 Å². The highest BCUT2D eigenvalue weighted by molar-refractivity contribution is 7.89. The van der Waals surface area contributed by atoms with Crippen molar-refractivity contribution in [3.63, 3.8) is 0 Å². The van der Waals surface area contributed by atoms with E-state index in [0.717, 1.165) is 49.8 Å². The van der Waals surface area contributed by atoms with Crippen LogP contribution >= 0.6 is 0 Å². The van der Waals surface area contributed by atoms with Crippen LogP contribution in [0.5, 0.6) is 0 Å². The number of carbonyl (C=O) groups is 2. The second-order valence-corrected chi connectivity index (χ2v) is 15.1. The summed E-state index contributed by atoms with van der Waals surface area (Å²) in [6.07, 6.45) is 5.74. The highest BCUT2D eigenvalue weighted by Gasteiger charge is 2.42. The van der Waals surface area contributed by atoms with Gasteiger partial charge < -0.3 is 10.6 Å². The minimum atomic E-state index is -3.71. The number of hydrogen-bond acceptors (Lipinski definition) is 7. The van der Waals surface area contributed by atoms with Gasteiger partial charge in [-0.25, -0.2) is 13.1 Å². The topological polar surface area (TPSA) is 130 Å². The van der Waals surface area contributed by atoms with Gasteiger partial charge in [-0.15, -0.1) is 5.10 Å². The molecule has 12 heteroatoms. The van der Waals surface area contributed by atoms with E-state index in [-0.39, 0.29) is 35.2 Å². The summed E-state index contributed by atoms with van der Waals surface area (Å²) < 4.78 is 30.3. The highest BCUT2D eigenvalue weighted by atomic mass is 32.2. The van der Waals surface area contributed by atoms with E-state index in [1.807, 2.05) is 48.5 Å². The number of carbonyl (C=O) groups excluding carboxylic acids is 2. The van der Waals surface area contributed by atoms with Gasteiger partial charge in [-0.05, 0) is 79.6 Å². The minimum Gasteiger partial charge on any atom is -0.384 e. The first-order valence-corrected chi connectivity index (χ1v) is 18.1. The fraction of sp³-hybridized carbons (Fsp3) is 0.429. The summed E-state index contributed by atoms with van der Waals surface area (Å²) in [5.74, 6) is -0.628. The molecule has 0 unspecified atom stereocenters. The number of nitrogens with zero attached hydrogens (tertiary/aromatic N) is 5. The van der Waals surface area contributed by atoms with Crippen LogP contribution in [0.3, 0.4) is 0 Å². The number of fused-ring (bicyclic) bond motifs is 2. The summed E-state index contributed by atoms with van der Waals surface area (Å²) in [5, 5.41) is 15.2. The summed E-state index contributed by atoms with van der Waals surface area (Å²) in [6.45, 7) is 3.36. The number of anilines is 2. The third-order valence-electron chi connectivity index (χ3n) is 9.85. The van der Waals surface area contributed by atoms with Crippen LogP contribution in [-0.2, 0) is 26.2 Å². The van der Waals surface area contributed by atoms with Crippen molar-refractivity contribution in [2.75, 3.05) is 29.9 Å². The van der Waals surface area contributed by atoms with Crippen molar-refractivity contribution >= 4 is 44.2 Å². The number of nitrogens with one attached hydrogen (secondary N) is 2. The summed E-state index contributed by atoms with van der Waals surface area (Å²) in [4.78, 5) is 30.7. The molecule has 1 aliphatic carbocycles. The lowest BCUT2D eigenvalue weighted by Crippen LogP contribution is -2.55. The Morgan fingerprint density at radius 2 is 1.72 bits per heavy atom. The average molecular weight is 656 g/mol. The number of aromatic nitrogens is 3. The lowest BCUT2D eigenvalue weighted by atomic mass is 9.90. The van der Waals surface area contributed by atoms with Crippen LogP contribution in [0, 0.1) is 5.92 Å². The SMILES string of the molecule is C[C@@H]1CCCN(S(=O)(=O)c2ccc(N(C(=O)Cn3nnc4ccccc43)[C@@H](C(=O)NC3CCCC3)[C@H]3CNc4ccccc43)cc2)C1. The van der Waals surface area contributed by atoms with Gasteiger partial charge in [0.15, 0.2) is 0 Å². The van der Waals surface area contributed by atoms with Crippen molar-refractivity contribution < 1.29 is 18.0 Å². The number of sulfonamides is 1. The van der Waals surface area contributed by atoms with Crippen LogP contribution in [0.4, 0.5) is 11.4 Å². The number of amides is 2. The first-order chi connectivity index (χ1) is 22.8. The van der Waals surface area contributed by atoms with Crippen LogP contribution in [0.25, 0.3) is 11.0 Å². The predicted molar refractivity (Wildman–Crippen MR) is 180 cm³/mol. The van der Waals surface area contributed by atoms with Crippen molar-refractivity contribution in [3.8, 4) is 0 Å². The van der Waals surface area contributed by atoms with Gasteiger partial charge in [-0.3, -0.25) is 14.5 Å². The maximum Gasteiger partial charge on any atom is 0.249 e. The first kappa shape index (κ1) is 31.3. The average Bonchev–Trinajstić information content (AvgIpc) is 3.85. The van der Waals surface area contributed by atoms with Crippen molar-refractivity contribution in [2.45, 2.75) is 74.9 Å². The van der Waals surface area contributed by atoms with E-state index in [1.54, 1.807) is 38.2 Å². The zero-order valence-electron chi connectivity index (χ0n) is 26.6.